The van der Waals surface area contributed by atoms with Crippen LogP contribution in [0.15, 0.2) is 33.9 Å². The summed E-state index contributed by atoms with van der Waals surface area (Å²) in [5.74, 6) is 2.57. The van der Waals surface area contributed by atoms with Crippen LogP contribution in [0.4, 0.5) is 0 Å². The predicted octanol–water partition coefficient (Wildman–Crippen LogP) is 4.17. The highest BCUT2D eigenvalue weighted by atomic mass is 32.2. The second-order valence-electron chi connectivity index (χ2n) is 5.51. The fourth-order valence-electron chi connectivity index (χ4n) is 2.52. The summed E-state index contributed by atoms with van der Waals surface area (Å²) in [6.07, 6.45) is 0. The Kier molecular flexibility index (Phi) is 4.52. The third-order valence-corrected chi connectivity index (χ3v) is 4.83. The fraction of sp³-hybridized carbons (Fsp3) is 0.353. The summed E-state index contributed by atoms with van der Waals surface area (Å²) in [6.45, 7) is 8.94. The lowest BCUT2D eigenvalue weighted by molar-refractivity contribution is 0.392. The molecule has 5 nitrogen and oxygen atoms in total. The van der Waals surface area contributed by atoms with E-state index in [0.717, 1.165) is 45.9 Å². The van der Waals surface area contributed by atoms with Crippen molar-refractivity contribution in [1.82, 2.24) is 19.9 Å². The van der Waals surface area contributed by atoms with Gasteiger partial charge in [-0.05, 0) is 33.8 Å². The van der Waals surface area contributed by atoms with E-state index in [9.17, 15) is 0 Å². The van der Waals surface area contributed by atoms with Crippen LogP contribution in [0.25, 0.3) is 11.4 Å². The molecular formula is C17H20N4OS. The third kappa shape index (κ3) is 3.17. The van der Waals surface area contributed by atoms with Crippen LogP contribution in [0.1, 0.15) is 29.5 Å². The van der Waals surface area contributed by atoms with Crippen molar-refractivity contribution in [2.24, 2.45) is 0 Å². The van der Waals surface area contributed by atoms with E-state index in [2.05, 4.69) is 58.0 Å². The highest BCUT2D eigenvalue weighted by Crippen LogP contribution is 2.28. The molecule has 2 aromatic heterocycles. The van der Waals surface area contributed by atoms with Crippen molar-refractivity contribution in [2.75, 3.05) is 0 Å². The van der Waals surface area contributed by atoms with Gasteiger partial charge in [0.05, 0.1) is 5.69 Å². The smallest absolute Gasteiger partial charge is 0.191 e. The fourth-order valence-corrected chi connectivity index (χ4v) is 3.68. The molecular weight excluding hydrogens is 308 g/mol. The zero-order valence-corrected chi connectivity index (χ0v) is 14.6. The minimum atomic E-state index is 0.785. The molecule has 0 atom stereocenters. The van der Waals surface area contributed by atoms with Crippen molar-refractivity contribution >= 4 is 11.8 Å². The number of benzene rings is 1. The standard InChI is InChI=1S/C17H20N4OS/c1-5-21-16(14-8-6-7-11(2)9-14)18-19-17(21)23-10-15-12(3)20-22-13(15)4/h6-9H,5,10H2,1-4H3. The van der Waals surface area contributed by atoms with Crippen LogP contribution in [-0.2, 0) is 12.3 Å². The lowest BCUT2D eigenvalue weighted by Crippen LogP contribution is -2.00. The Morgan fingerprint density at radius 3 is 2.65 bits per heavy atom. The van der Waals surface area contributed by atoms with E-state index in [1.807, 2.05) is 13.8 Å². The molecule has 3 aromatic rings. The molecule has 0 aliphatic heterocycles. The molecule has 3 rings (SSSR count). The zero-order valence-electron chi connectivity index (χ0n) is 13.8. The molecule has 0 spiro atoms. The maximum atomic E-state index is 5.22. The SMILES string of the molecule is CCn1c(SCc2c(C)noc2C)nnc1-c1cccc(C)c1. The summed E-state index contributed by atoms with van der Waals surface area (Å²) < 4.78 is 7.37. The first-order valence-corrected chi connectivity index (χ1v) is 8.63. The number of nitrogens with zero attached hydrogens (tertiary/aromatic N) is 4. The average Bonchev–Trinajstić information content (AvgIpc) is 3.09. The highest BCUT2D eigenvalue weighted by molar-refractivity contribution is 7.98. The Labute approximate surface area is 140 Å². The molecule has 120 valence electrons. The topological polar surface area (TPSA) is 56.7 Å². The first-order chi connectivity index (χ1) is 11.1. The van der Waals surface area contributed by atoms with E-state index in [1.165, 1.54) is 5.56 Å². The maximum absolute atomic E-state index is 5.22. The second-order valence-corrected chi connectivity index (χ2v) is 6.45. The number of thioether (sulfide) groups is 1. The summed E-state index contributed by atoms with van der Waals surface area (Å²) in [4.78, 5) is 0. The van der Waals surface area contributed by atoms with Crippen molar-refractivity contribution in [3.05, 3.63) is 46.8 Å². The van der Waals surface area contributed by atoms with Gasteiger partial charge in [-0.3, -0.25) is 0 Å². The third-order valence-electron chi connectivity index (χ3n) is 3.84. The van der Waals surface area contributed by atoms with E-state index in [4.69, 9.17) is 4.52 Å². The maximum Gasteiger partial charge on any atom is 0.191 e. The first kappa shape index (κ1) is 15.8. The molecule has 0 aliphatic rings. The minimum Gasteiger partial charge on any atom is -0.361 e. The molecule has 0 bridgehead atoms. The van der Waals surface area contributed by atoms with Gasteiger partial charge in [-0.15, -0.1) is 10.2 Å². The molecule has 0 fully saturated rings. The molecule has 0 amide bonds. The number of aromatic nitrogens is 4. The molecule has 0 saturated carbocycles. The van der Waals surface area contributed by atoms with Crippen molar-refractivity contribution in [1.29, 1.82) is 0 Å². The molecule has 0 unspecified atom stereocenters. The van der Waals surface area contributed by atoms with Crippen LogP contribution < -0.4 is 0 Å². The van der Waals surface area contributed by atoms with E-state index < -0.39 is 0 Å². The van der Waals surface area contributed by atoms with Crippen LogP contribution in [0.2, 0.25) is 0 Å². The predicted molar refractivity (Wildman–Crippen MR) is 91.4 cm³/mol. The van der Waals surface area contributed by atoms with Gasteiger partial charge in [0.15, 0.2) is 11.0 Å². The minimum absolute atomic E-state index is 0.785. The van der Waals surface area contributed by atoms with Gasteiger partial charge in [0.25, 0.3) is 0 Å². The number of aryl methyl sites for hydroxylation is 3. The van der Waals surface area contributed by atoms with Crippen LogP contribution in [-0.4, -0.2) is 19.9 Å². The monoisotopic (exact) mass is 328 g/mol. The largest absolute Gasteiger partial charge is 0.361 e. The Hall–Kier alpha value is -2.08. The van der Waals surface area contributed by atoms with Crippen LogP contribution >= 0.6 is 11.8 Å². The van der Waals surface area contributed by atoms with Gasteiger partial charge in [-0.1, -0.05) is 40.7 Å². The van der Waals surface area contributed by atoms with Gasteiger partial charge in [-0.2, -0.15) is 0 Å². The average molecular weight is 328 g/mol. The quantitative estimate of drug-likeness (QED) is 0.658. The van der Waals surface area contributed by atoms with Gasteiger partial charge < -0.3 is 9.09 Å². The Morgan fingerprint density at radius 2 is 2.00 bits per heavy atom. The van der Waals surface area contributed by atoms with Gasteiger partial charge >= 0.3 is 0 Å². The normalized spacial score (nSPS) is 11.1. The number of hydrogen-bond acceptors (Lipinski definition) is 5. The van der Waals surface area contributed by atoms with Gasteiger partial charge in [0, 0.05) is 23.4 Å². The molecule has 0 radical (unpaired) electrons. The summed E-state index contributed by atoms with van der Waals surface area (Å²) in [5.41, 5.74) is 4.40. The lowest BCUT2D eigenvalue weighted by atomic mass is 10.1. The van der Waals surface area contributed by atoms with Crippen LogP contribution in [0.5, 0.6) is 0 Å². The summed E-state index contributed by atoms with van der Waals surface area (Å²) in [6, 6.07) is 8.35. The molecule has 0 N–H and O–H groups in total. The summed E-state index contributed by atoms with van der Waals surface area (Å²) in [7, 11) is 0. The van der Waals surface area contributed by atoms with E-state index >= 15 is 0 Å². The summed E-state index contributed by atoms with van der Waals surface area (Å²) in [5, 5.41) is 13.7. The van der Waals surface area contributed by atoms with E-state index in [-0.39, 0.29) is 0 Å². The van der Waals surface area contributed by atoms with Crippen molar-refractivity contribution in [3.8, 4) is 11.4 Å². The molecule has 0 saturated heterocycles. The Balaban J connectivity index is 1.87. The first-order valence-electron chi connectivity index (χ1n) is 7.65. The number of rotatable bonds is 5. The molecule has 0 aliphatic carbocycles. The van der Waals surface area contributed by atoms with Gasteiger partial charge in [0.1, 0.15) is 5.76 Å². The van der Waals surface area contributed by atoms with E-state index in [0.29, 0.717) is 0 Å². The summed E-state index contributed by atoms with van der Waals surface area (Å²) >= 11 is 1.67. The zero-order chi connectivity index (χ0) is 16.4. The van der Waals surface area contributed by atoms with Gasteiger partial charge in [0.2, 0.25) is 0 Å². The van der Waals surface area contributed by atoms with Crippen LogP contribution in [0, 0.1) is 20.8 Å². The Bertz CT molecular complexity index is 802. The van der Waals surface area contributed by atoms with Crippen molar-refractivity contribution < 1.29 is 4.52 Å². The van der Waals surface area contributed by atoms with Crippen LogP contribution in [0.3, 0.4) is 0 Å². The highest BCUT2D eigenvalue weighted by Gasteiger charge is 2.15. The molecule has 23 heavy (non-hydrogen) atoms. The van der Waals surface area contributed by atoms with E-state index in [1.54, 1.807) is 11.8 Å². The lowest BCUT2D eigenvalue weighted by Gasteiger charge is -2.07. The molecule has 1 aromatic carbocycles. The molecule has 2 heterocycles. The van der Waals surface area contributed by atoms with Gasteiger partial charge in [-0.25, -0.2) is 0 Å². The second kappa shape index (κ2) is 6.58. The van der Waals surface area contributed by atoms with Crippen molar-refractivity contribution in [2.45, 2.75) is 45.1 Å². The Morgan fingerprint density at radius 1 is 1.17 bits per heavy atom. The number of hydrogen-bond donors (Lipinski definition) is 0. The molecule has 6 heteroatoms. The van der Waals surface area contributed by atoms with Crippen molar-refractivity contribution in [3.63, 3.8) is 0 Å².